The molecule has 0 spiro atoms. The van der Waals surface area contributed by atoms with Crippen molar-refractivity contribution >= 4 is 11.6 Å². The average molecular weight is 231 g/mol. The molecule has 1 aliphatic rings. The van der Waals surface area contributed by atoms with Gasteiger partial charge in [-0.15, -0.1) is 0 Å². The first kappa shape index (κ1) is 11.4. The summed E-state index contributed by atoms with van der Waals surface area (Å²) in [5.41, 5.74) is 1.39. The molecule has 17 heavy (non-hydrogen) atoms. The first-order valence-corrected chi connectivity index (χ1v) is 5.38. The van der Waals surface area contributed by atoms with Crippen LogP contribution in [0.1, 0.15) is 5.56 Å². The summed E-state index contributed by atoms with van der Waals surface area (Å²) >= 11 is 0. The number of amides is 1. The Morgan fingerprint density at radius 3 is 3.12 bits per heavy atom. The summed E-state index contributed by atoms with van der Waals surface area (Å²) < 4.78 is 0. The molecular formula is C12H13N3O2. The van der Waals surface area contributed by atoms with E-state index < -0.39 is 0 Å². The largest absolute Gasteiger partial charge is 0.394 e. The van der Waals surface area contributed by atoms with Crippen molar-refractivity contribution in [2.75, 3.05) is 24.6 Å². The van der Waals surface area contributed by atoms with Crippen molar-refractivity contribution in [2.24, 2.45) is 0 Å². The summed E-state index contributed by atoms with van der Waals surface area (Å²) in [5.74, 6) is -0.113. The Hall–Kier alpha value is -2.06. The predicted octanol–water partition coefficient (Wildman–Crippen LogP) is -0.145. The molecule has 1 heterocycles. The minimum Gasteiger partial charge on any atom is -0.394 e. The van der Waals surface area contributed by atoms with Gasteiger partial charge in [0.1, 0.15) is 0 Å². The van der Waals surface area contributed by atoms with Gasteiger partial charge < -0.3 is 15.3 Å². The third-order valence-electron chi connectivity index (χ3n) is 2.70. The molecular weight excluding hydrogens is 218 g/mol. The van der Waals surface area contributed by atoms with Crippen LogP contribution in [0.2, 0.25) is 0 Å². The van der Waals surface area contributed by atoms with E-state index in [1.54, 1.807) is 18.2 Å². The summed E-state index contributed by atoms with van der Waals surface area (Å²) in [6.07, 6.45) is 0. The molecule has 5 heteroatoms. The van der Waals surface area contributed by atoms with E-state index in [1.165, 1.54) is 0 Å². The number of nitrogens with one attached hydrogen (secondary N) is 1. The highest BCUT2D eigenvalue weighted by Gasteiger charge is 2.24. The highest BCUT2D eigenvalue weighted by atomic mass is 16.3. The van der Waals surface area contributed by atoms with Crippen LogP contribution < -0.4 is 10.2 Å². The Balaban J connectivity index is 2.21. The van der Waals surface area contributed by atoms with E-state index in [-0.39, 0.29) is 25.1 Å². The van der Waals surface area contributed by atoms with Crippen molar-refractivity contribution in [3.05, 3.63) is 29.8 Å². The fourth-order valence-electron chi connectivity index (χ4n) is 1.90. The van der Waals surface area contributed by atoms with Crippen LogP contribution in [0.4, 0.5) is 5.69 Å². The van der Waals surface area contributed by atoms with E-state index in [0.717, 1.165) is 5.69 Å². The first-order chi connectivity index (χ1) is 8.22. The smallest absolute Gasteiger partial charge is 0.239 e. The SMILES string of the molecule is N#Cc1cccc(N2CC(=O)NC(CO)C2)c1. The minimum absolute atomic E-state index is 0.0832. The van der Waals surface area contributed by atoms with E-state index in [4.69, 9.17) is 10.4 Å². The summed E-state index contributed by atoms with van der Waals surface area (Å²) in [6, 6.07) is 8.92. The molecule has 5 nitrogen and oxygen atoms in total. The molecule has 1 saturated heterocycles. The van der Waals surface area contributed by atoms with E-state index >= 15 is 0 Å². The minimum atomic E-state index is -0.248. The molecule has 88 valence electrons. The van der Waals surface area contributed by atoms with Crippen molar-refractivity contribution in [1.29, 1.82) is 5.26 Å². The molecule has 1 atom stereocenters. The molecule has 0 radical (unpaired) electrons. The number of hydrogen-bond donors (Lipinski definition) is 2. The van der Waals surface area contributed by atoms with E-state index in [2.05, 4.69) is 11.4 Å². The topological polar surface area (TPSA) is 76.4 Å². The van der Waals surface area contributed by atoms with E-state index in [0.29, 0.717) is 12.1 Å². The molecule has 2 rings (SSSR count). The van der Waals surface area contributed by atoms with Crippen LogP contribution in [-0.4, -0.2) is 36.8 Å². The Morgan fingerprint density at radius 2 is 2.41 bits per heavy atom. The van der Waals surface area contributed by atoms with Crippen LogP contribution in [-0.2, 0) is 4.79 Å². The molecule has 0 bridgehead atoms. The molecule has 0 aliphatic carbocycles. The van der Waals surface area contributed by atoms with Crippen LogP contribution in [0.15, 0.2) is 24.3 Å². The molecule has 2 N–H and O–H groups in total. The molecule has 1 aliphatic heterocycles. The lowest BCUT2D eigenvalue weighted by atomic mass is 10.1. The van der Waals surface area contributed by atoms with Crippen LogP contribution in [0, 0.1) is 11.3 Å². The number of aliphatic hydroxyl groups excluding tert-OH is 1. The quantitative estimate of drug-likeness (QED) is 0.742. The van der Waals surface area contributed by atoms with Crippen LogP contribution in [0.5, 0.6) is 0 Å². The van der Waals surface area contributed by atoms with Gasteiger partial charge in [-0.25, -0.2) is 0 Å². The lowest BCUT2D eigenvalue weighted by molar-refractivity contribution is -0.121. The van der Waals surface area contributed by atoms with Gasteiger partial charge in [-0.2, -0.15) is 5.26 Å². The molecule has 1 amide bonds. The van der Waals surface area contributed by atoms with Crippen molar-refractivity contribution in [1.82, 2.24) is 5.32 Å². The average Bonchev–Trinajstić information content (AvgIpc) is 2.38. The second kappa shape index (κ2) is 4.85. The number of piperazine rings is 1. The van der Waals surface area contributed by atoms with Crippen LogP contribution >= 0.6 is 0 Å². The maximum Gasteiger partial charge on any atom is 0.239 e. The van der Waals surface area contributed by atoms with Gasteiger partial charge in [-0.1, -0.05) is 6.07 Å². The number of anilines is 1. The zero-order valence-corrected chi connectivity index (χ0v) is 9.26. The zero-order chi connectivity index (χ0) is 12.3. The predicted molar refractivity (Wildman–Crippen MR) is 62.4 cm³/mol. The molecule has 0 aromatic heterocycles. The number of benzene rings is 1. The lowest BCUT2D eigenvalue weighted by Crippen LogP contribution is -2.55. The van der Waals surface area contributed by atoms with Gasteiger partial charge in [-0.05, 0) is 18.2 Å². The highest BCUT2D eigenvalue weighted by molar-refractivity contribution is 5.83. The monoisotopic (exact) mass is 231 g/mol. The number of rotatable bonds is 2. The van der Waals surface area contributed by atoms with Crippen molar-refractivity contribution in [2.45, 2.75) is 6.04 Å². The Bertz CT molecular complexity index is 467. The number of aliphatic hydroxyl groups is 1. The van der Waals surface area contributed by atoms with Gasteiger partial charge in [0.2, 0.25) is 5.91 Å². The first-order valence-electron chi connectivity index (χ1n) is 5.38. The fourth-order valence-corrected chi connectivity index (χ4v) is 1.90. The van der Waals surface area contributed by atoms with E-state index in [9.17, 15) is 4.79 Å². The molecule has 1 aromatic rings. The number of carbonyl (C=O) groups excluding carboxylic acids is 1. The lowest BCUT2D eigenvalue weighted by Gasteiger charge is -2.33. The maximum atomic E-state index is 11.4. The third kappa shape index (κ3) is 2.55. The second-order valence-corrected chi connectivity index (χ2v) is 3.99. The van der Waals surface area contributed by atoms with Gasteiger partial charge >= 0.3 is 0 Å². The second-order valence-electron chi connectivity index (χ2n) is 3.99. The molecule has 1 fully saturated rings. The van der Waals surface area contributed by atoms with Gasteiger partial charge in [0, 0.05) is 12.2 Å². The van der Waals surface area contributed by atoms with Crippen LogP contribution in [0.3, 0.4) is 0 Å². The van der Waals surface area contributed by atoms with Crippen molar-refractivity contribution in [3.8, 4) is 6.07 Å². The van der Waals surface area contributed by atoms with Crippen molar-refractivity contribution in [3.63, 3.8) is 0 Å². The Morgan fingerprint density at radius 1 is 1.59 bits per heavy atom. The highest BCUT2D eigenvalue weighted by Crippen LogP contribution is 2.17. The van der Waals surface area contributed by atoms with E-state index in [1.807, 2.05) is 11.0 Å². The number of carbonyl (C=O) groups is 1. The Labute approximate surface area is 99.3 Å². The fraction of sp³-hybridized carbons (Fsp3) is 0.333. The maximum absolute atomic E-state index is 11.4. The van der Waals surface area contributed by atoms with Gasteiger partial charge in [0.25, 0.3) is 0 Å². The van der Waals surface area contributed by atoms with Crippen molar-refractivity contribution < 1.29 is 9.90 Å². The van der Waals surface area contributed by atoms with Gasteiger partial charge in [-0.3, -0.25) is 4.79 Å². The normalized spacial score (nSPS) is 19.6. The Kier molecular flexibility index (Phi) is 3.26. The zero-order valence-electron chi connectivity index (χ0n) is 9.26. The summed E-state index contributed by atoms with van der Waals surface area (Å²) in [6.45, 7) is 0.725. The van der Waals surface area contributed by atoms with Crippen LogP contribution in [0.25, 0.3) is 0 Å². The van der Waals surface area contributed by atoms with Gasteiger partial charge in [0.05, 0.1) is 30.8 Å². The summed E-state index contributed by atoms with van der Waals surface area (Å²) in [4.78, 5) is 13.3. The summed E-state index contributed by atoms with van der Waals surface area (Å²) in [7, 11) is 0. The number of nitriles is 1. The molecule has 1 aromatic carbocycles. The van der Waals surface area contributed by atoms with Gasteiger partial charge in [0.15, 0.2) is 0 Å². The third-order valence-corrected chi connectivity index (χ3v) is 2.70. The summed E-state index contributed by atoms with van der Waals surface area (Å²) in [5, 5.41) is 20.6. The number of nitrogens with zero attached hydrogens (tertiary/aromatic N) is 2. The molecule has 1 unspecified atom stereocenters. The standard InChI is InChI=1S/C12H13N3O2/c13-5-9-2-1-3-11(4-9)15-6-10(8-16)14-12(17)7-15/h1-4,10,16H,6-8H2,(H,14,17). The number of hydrogen-bond acceptors (Lipinski definition) is 4. The molecule has 0 saturated carbocycles.